The number of carbonyl (C=O) groups is 2. The molecular weight excluding hydrogens is 445 g/mol. The lowest BCUT2D eigenvalue weighted by Gasteiger charge is -2.20. The van der Waals surface area contributed by atoms with Gasteiger partial charge in [-0.3, -0.25) is 14.3 Å². The van der Waals surface area contributed by atoms with Gasteiger partial charge >= 0.3 is 0 Å². The smallest absolute Gasteiger partial charge is 0.247 e. The standard InChI is InChI=1S/C22H26ClF3N4O2/c1-5-10-29(12-18(31)27-17-8-7-16(24)20(25)21(17)26)19(32)9-6-15-14(4)28-30(22(15)23)11-13(2)3/h6-9,13H,5,10-12H2,1-4H3,(H,27,31)/b9-6+. The molecule has 0 atom stereocenters. The number of hydrogen-bond acceptors (Lipinski definition) is 3. The number of aromatic nitrogens is 2. The normalized spacial score (nSPS) is 11.4. The molecule has 1 N–H and O–H groups in total. The second kappa shape index (κ2) is 11.2. The SMILES string of the molecule is CCCN(CC(=O)Nc1ccc(F)c(F)c1F)C(=O)/C=C/c1c(C)nn(CC(C)C)c1Cl. The van der Waals surface area contributed by atoms with Crippen LogP contribution in [0.1, 0.15) is 38.4 Å². The number of halogens is 4. The van der Waals surface area contributed by atoms with E-state index in [9.17, 15) is 22.8 Å². The predicted octanol–water partition coefficient (Wildman–Crippen LogP) is 4.81. The fraction of sp³-hybridized carbons (Fsp3) is 0.409. The summed E-state index contributed by atoms with van der Waals surface area (Å²) in [6, 6.07) is 1.62. The third-order valence-corrected chi connectivity index (χ3v) is 4.89. The van der Waals surface area contributed by atoms with Crippen molar-refractivity contribution in [3.05, 3.63) is 52.1 Å². The molecule has 2 aromatic rings. The molecule has 0 saturated carbocycles. The van der Waals surface area contributed by atoms with Crippen molar-refractivity contribution in [2.75, 3.05) is 18.4 Å². The highest BCUT2D eigenvalue weighted by Gasteiger charge is 2.19. The van der Waals surface area contributed by atoms with Crippen LogP contribution in [0.15, 0.2) is 18.2 Å². The average Bonchev–Trinajstić information content (AvgIpc) is 2.98. The number of amides is 2. The Balaban J connectivity index is 2.12. The third kappa shape index (κ3) is 6.35. The lowest BCUT2D eigenvalue weighted by atomic mass is 10.2. The number of rotatable bonds is 9. The van der Waals surface area contributed by atoms with Crippen LogP contribution in [0.3, 0.4) is 0 Å². The van der Waals surface area contributed by atoms with Gasteiger partial charge in [-0.1, -0.05) is 32.4 Å². The molecule has 0 spiro atoms. The van der Waals surface area contributed by atoms with Crippen molar-refractivity contribution in [1.82, 2.24) is 14.7 Å². The number of nitrogens with one attached hydrogen (secondary N) is 1. The molecule has 2 rings (SSSR count). The van der Waals surface area contributed by atoms with Gasteiger partial charge in [-0.05, 0) is 37.5 Å². The Hall–Kier alpha value is -2.81. The Morgan fingerprint density at radius 1 is 1.25 bits per heavy atom. The topological polar surface area (TPSA) is 67.2 Å². The Bertz CT molecular complexity index is 1020. The Kier molecular flexibility index (Phi) is 8.89. The number of hydrogen-bond donors (Lipinski definition) is 1. The van der Waals surface area contributed by atoms with E-state index in [1.165, 1.54) is 11.0 Å². The van der Waals surface area contributed by atoms with Crippen LogP contribution < -0.4 is 5.32 Å². The molecule has 174 valence electrons. The molecular formula is C22H26ClF3N4O2. The van der Waals surface area contributed by atoms with Gasteiger partial charge in [0.25, 0.3) is 0 Å². The van der Waals surface area contributed by atoms with Crippen LogP contribution in [-0.2, 0) is 16.1 Å². The van der Waals surface area contributed by atoms with Crippen molar-refractivity contribution in [3.63, 3.8) is 0 Å². The summed E-state index contributed by atoms with van der Waals surface area (Å²) in [6.07, 6.45) is 3.40. The first-order valence-corrected chi connectivity index (χ1v) is 10.6. The van der Waals surface area contributed by atoms with Crippen molar-refractivity contribution in [2.24, 2.45) is 5.92 Å². The van der Waals surface area contributed by atoms with E-state index >= 15 is 0 Å². The lowest BCUT2D eigenvalue weighted by molar-refractivity contribution is -0.130. The first-order valence-electron chi connectivity index (χ1n) is 10.2. The van der Waals surface area contributed by atoms with E-state index < -0.39 is 41.5 Å². The number of benzene rings is 1. The maximum absolute atomic E-state index is 13.8. The van der Waals surface area contributed by atoms with Crippen LogP contribution >= 0.6 is 11.6 Å². The zero-order valence-electron chi connectivity index (χ0n) is 18.4. The Labute approximate surface area is 190 Å². The molecule has 0 saturated heterocycles. The van der Waals surface area contributed by atoms with Crippen molar-refractivity contribution in [2.45, 2.75) is 40.7 Å². The molecule has 1 aromatic carbocycles. The van der Waals surface area contributed by atoms with Crippen LogP contribution in [0.5, 0.6) is 0 Å². The molecule has 1 aromatic heterocycles. The number of nitrogens with zero attached hydrogens (tertiary/aromatic N) is 3. The van der Waals surface area contributed by atoms with E-state index in [1.807, 2.05) is 20.8 Å². The molecule has 6 nitrogen and oxygen atoms in total. The largest absolute Gasteiger partial charge is 0.330 e. The van der Waals surface area contributed by atoms with Crippen molar-refractivity contribution in [1.29, 1.82) is 0 Å². The van der Waals surface area contributed by atoms with Crippen LogP contribution in [0.2, 0.25) is 5.15 Å². The van der Waals surface area contributed by atoms with Gasteiger partial charge in [0.1, 0.15) is 11.7 Å². The maximum Gasteiger partial charge on any atom is 0.247 e. The molecule has 0 aliphatic rings. The van der Waals surface area contributed by atoms with Gasteiger partial charge in [-0.2, -0.15) is 5.10 Å². The molecule has 32 heavy (non-hydrogen) atoms. The van der Waals surface area contributed by atoms with Crippen LogP contribution in [-0.4, -0.2) is 39.6 Å². The van der Waals surface area contributed by atoms with Gasteiger partial charge in [0, 0.05) is 24.7 Å². The molecule has 0 aliphatic heterocycles. The minimum atomic E-state index is -1.68. The highest BCUT2D eigenvalue weighted by atomic mass is 35.5. The fourth-order valence-corrected chi connectivity index (χ4v) is 3.31. The predicted molar refractivity (Wildman–Crippen MR) is 118 cm³/mol. The lowest BCUT2D eigenvalue weighted by Crippen LogP contribution is -2.37. The molecule has 0 unspecified atom stereocenters. The second-order valence-corrected chi connectivity index (χ2v) is 8.09. The van der Waals surface area contributed by atoms with E-state index in [2.05, 4.69) is 10.4 Å². The fourth-order valence-electron chi connectivity index (χ4n) is 3.01. The monoisotopic (exact) mass is 470 g/mol. The molecule has 0 bridgehead atoms. The van der Waals surface area contributed by atoms with Crippen molar-refractivity contribution >= 4 is 35.2 Å². The van der Waals surface area contributed by atoms with Crippen LogP contribution in [0, 0.1) is 30.3 Å². The minimum absolute atomic E-state index is 0.260. The minimum Gasteiger partial charge on any atom is -0.330 e. The van der Waals surface area contributed by atoms with Gasteiger partial charge in [-0.25, -0.2) is 13.2 Å². The average molecular weight is 471 g/mol. The van der Waals surface area contributed by atoms with Crippen molar-refractivity contribution < 1.29 is 22.8 Å². The molecule has 0 aliphatic carbocycles. The highest BCUT2D eigenvalue weighted by molar-refractivity contribution is 6.31. The van der Waals surface area contributed by atoms with Crippen LogP contribution in [0.4, 0.5) is 18.9 Å². The zero-order chi connectivity index (χ0) is 24.0. The van der Waals surface area contributed by atoms with E-state index in [0.29, 0.717) is 41.4 Å². The Morgan fingerprint density at radius 3 is 2.56 bits per heavy atom. The number of aryl methyl sites for hydroxylation is 1. The molecule has 0 fully saturated rings. The summed E-state index contributed by atoms with van der Waals surface area (Å²) in [5, 5.41) is 6.95. The quantitative estimate of drug-likeness (QED) is 0.422. The highest BCUT2D eigenvalue weighted by Crippen LogP contribution is 2.23. The summed E-state index contributed by atoms with van der Waals surface area (Å²) in [5.74, 6) is -5.42. The molecule has 2 amide bonds. The summed E-state index contributed by atoms with van der Waals surface area (Å²) in [4.78, 5) is 26.2. The molecule has 10 heteroatoms. The van der Waals surface area contributed by atoms with Gasteiger partial charge < -0.3 is 10.2 Å². The van der Waals surface area contributed by atoms with Gasteiger partial charge in [0.15, 0.2) is 17.5 Å². The summed E-state index contributed by atoms with van der Waals surface area (Å²) < 4.78 is 41.9. The summed E-state index contributed by atoms with van der Waals surface area (Å²) in [5.41, 5.74) is 0.757. The number of anilines is 1. The van der Waals surface area contributed by atoms with E-state index in [0.717, 1.165) is 6.07 Å². The zero-order valence-corrected chi connectivity index (χ0v) is 19.1. The summed E-state index contributed by atoms with van der Waals surface area (Å²) in [7, 11) is 0. The van der Waals surface area contributed by atoms with Crippen LogP contribution in [0.25, 0.3) is 6.08 Å². The van der Waals surface area contributed by atoms with Gasteiger partial charge in [0.05, 0.1) is 11.4 Å². The first kappa shape index (κ1) is 25.5. The molecule has 0 radical (unpaired) electrons. The Morgan fingerprint density at radius 2 is 1.94 bits per heavy atom. The van der Waals surface area contributed by atoms with Gasteiger partial charge in [-0.15, -0.1) is 0 Å². The second-order valence-electron chi connectivity index (χ2n) is 7.73. The third-order valence-electron chi connectivity index (χ3n) is 4.49. The summed E-state index contributed by atoms with van der Waals surface area (Å²) >= 11 is 6.38. The van der Waals surface area contributed by atoms with E-state index in [4.69, 9.17) is 11.6 Å². The first-order chi connectivity index (χ1) is 15.0. The number of carbonyl (C=O) groups excluding carboxylic acids is 2. The van der Waals surface area contributed by atoms with E-state index in [-0.39, 0.29) is 6.54 Å². The molecule has 1 heterocycles. The van der Waals surface area contributed by atoms with Crippen molar-refractivity contribution in [3.8, 4) is 0 Å². The van der Waals surface area contributed by atoms with Gasteiger partial charge in [0.2, 0.25) is 11.8 Å². The summed E-state index contributed by atoms with van der Waals surface area (Å²) in [6.45, 7) is 8.17. The maximum atomic E-state index is 13.8. The van der Waals surface area contributed by atoms with E-state index in [1.54, 1.807) is 17.7 Å².